The van der Waals surface area contributed by atoms with Crippen LogP contribution in [-0.2, 0) is 14.3 Å². The first-order chi connectivity index (χ1) is 10.5. The second-order valence-electron chi connectivity index (χ2n) is 4.85. The Labute approximate surface area is 127 Å². The second-order valence-corrected chi connectivity index (χ2v) is 4.85. The Hall–Kier alpha value is -2.70. The minimum Gasteiger partial charge on any atom is -0.464 e. The van der Waals surface area contributed by atoms with Crippen molar-refractivity contribution in [3.8, 4) is 5.75 Å². The minimum absolute atomic E-state index is 0.209. The molecule has 1 aromatic carbocycles. The van der Waals surface area contributed by atoms with Crippen LogP contribution in [0.5, 0.6) is 5.75 Å². The van der Waals surface area contributed by atoms with Gasteiger partial charge >= 0.3 is 11.9 Å². The summed E-state index contributed by atoms with van der Waals surface area (Å²) in [4.78, 5) is 24.1. The average Bonchev–Trinajstić information content (AvgIpc) is 2.86. The van der Waals surface area contributed by atoms with E-state index >= 15 is 0 Å². The van der Waals surface area contributed by atoms with Crippen LogP contribution in [0, 0.1) is 12.3 Å². The molecule has 0 saturated heterocycles. The standard InChI is InChI=1S/C15H17N3O4/c1-4-15(12(16)11(17-18-15)13(19)21-3)14(20)22-10-8-6-5-7-9(10)2/h5-8,16,18H,4H2,1-3H3. The van der Waals surface area contributed by atoms with E-state index in [1.54, 1.807) is 19.1 Å². The summed E-state index contributed by atoms with van der Waals surface area (Å²) in [5.41, 5.74) is 1.41. The molecule has 0 amide bonds. The highest BCUT2D eigenvalue weighted by atomic mass is 16.5. The monoisotopic (exact) mass is 303 g/mol. The maximum Gasteiger partial charge on any atom is 0.360 e. The van der Waals surface area contributed by atoms with Crippen LogP contribution < -0.4 is 10.2 Å². The summed E-state index contributed by atoms with van der Waals surface area (Å²) in [5, 5.41) is 11.9. The Morgan fingerprint density at radius 2 is 2.05 bits per heavy atom. The van der Waals surface area contributed by atoms with E-state index < -0.39 is 17.5 Å². The summed E-state index contributed by atoms with van der Waals surface area (Å²) in [6.07, 6.45) is 0.209. The molecule has 0 aliphatic carbocycles. The fraction of sp³-hybridized carbons (Fsp3) is 0.333. The van der Waals surface area contributed by atoms with E-state index in [9.17, 15) is 9.59 Å². The van der Waals surface area contributed by atoms with E-state index in [0.717, 1.165) is 5.56 Å². The summed E-state index contributed by atoms with van der Waals surface area (Å²) < 4.78 is 9.94. The number of ether oxygens (including phenoxy) is 2. The number of hydrogen-bond donors (Lipinski definition) is 2. The number of para-hydroxylation sites is 1. The zero-order valence-corrected chi connectivity index (χ0v) is 12.6. The van der Waals surface area contributed by atoms with Crippen molar-refractivity contribution < 1.29 is 19.1 Å². The molecule has 1 aromatic rings. The van der Waals surface area contributed by atoms with Gasteiger partial charge < -0.3 is 9.47 Å². The third-order valence-electron chi connectivity index (χ3n) is 3.58. The summed E-state index contributed by atoms with van der Waals surface area (Å²) in [6, 6.07) is 7.05. The largest absolute Gasteiger partial charge is 0.464 e. The first-order valence-corrected chi connectivity index (χ1v) is 6.76. The highest BCUT2D eigenvalue weighted by Gasteiger charge is 2.51. The quantitative estimate of drug-likeness (QED) is 0.643. The maximum atomic E-state index is 12.5. The Morgan fingerprint density at radius 1 is 1.36 bits per heavy atom. The lowest BCUT2D eigenvalue weighted by atomic mass is 9.89. The Morgan fingerprint density at radius 3 is 2.64 bits per heavy atom. The number of esters is 2. The summed E-state index contributed by atoms with van der Waals surface area (Å²) in [5.74, 6) is -1.05. The van der Waals surface area contributed by atoms with Gasteiger partial charge in [-0.3, -0.25) is 10.8 Å². The number of carbonyl (C=O) groups is 2. The van der Waals surface area contributed by atoms with Crippen LogP contribution in [0.4, 0.5) is 0 Å². The van der Waals surface area contributed by atoms with Crippen LogP contribution in [0.2, 0.25) is 0 Å². The summed E-state index contributed by atoms with van der Waals surface area (Å²) in [6.45, 7) is 3.52. The van der Waals surface area contributed by atoms with Crippen molar-refractivity contribution in [2.75, 3.05) is 7.11 Å². The van der Waals surface area contributed by atoms with Crippen molar-refractivity contribution in [2.45, 2.75) is 25.8 Å². The molecule has 2 rings (SSSR count). The lowest BCUT2D eigenvalue weighted by Gasteiger charge is -2.25. The lowest BCUT2D eigenvalue weighted by Crippen LogP contribution is -2.55. The number of hydrogen-bond acceptors (Lipinski definition) is 7. The van der Waals surface area contributed by atoms with Gasteiger partial charge in [-0.05, 0) is 25.0 Å². The predicted octanol–water partition coefficient (Wildman–Crippen LogP) is 1.20. The molecule has 0 radical (unpaired) electrons. The first-order valence-electron chi connectivity index (χ1n) is 6.76. The molecule has 0 saturated carbocycles. The van der Waals surface area contributed by atoms with Gasteiger partial charge in [-0.1, -0.05) is 25.1 Å². The molecule has 0 aromatic heterocycles. The van der Waals surface area contributed by atoms with E-state index in [-0.39, 0.29) is 17.8 Å². The van der Waals surface area contributed by atoms with Crippen molar-refractivity contribution in [3.63, 3.8) is 0 Å². The second kappa shape index (κ2) is 5.97. The van der Waals surface area contributed by atoms with E-state index in [1.807, 2.05) is 19.1 Å². The number of nitrogens with zero attached hydrogens (tertiary/aromatic N) is 1. The van der Waals surface area contributed by atoms with Crippen molar-refractivity contribution in [3.05, 3.63) is 29.8 Å². The van der Waals surface area contributed by atoms with Gasteiger partial charge in [0, 0.05) is 0 Å². The number of hydrazone groups is 1. The van der Waals surface area contributed by atoms with Crippen molar-refractivity contribution >= 4 is 23.4 Å². The van der Waals surface area contributed by atoms with Crippen LogP contribution in [0.3, 0.4) is 0 Å². The number of carbonyl (C=O) groups excluding carboxylic acids is 2. The van der Waals surface area contributed by atoms with Crippen LogP contribution in [0.25, 0.3) is 0 Å². The summed E-state index contributed by atoms with van der Waals surface area (Å²) in [7, 11) is 1.19. The number of nitrogens with one attached hydrogen (secondary N) is 2. The van der Waals surface area contributed by atoms with Gasteiger partial charge in [0.1, 0.15) is 11.5 Å². The topological polar surface area (TPSA) is 101 Å². The third kappa shape index (κ3) is 2.45. The summed E-state index contributed by atoms with van der Waals surface area (Å²) >= 11 is 0. The number of aryl methyl sites for hydroxylation is 1. The smallest absolute Gasteiger partial charge is 0.360 e. The van der Waals surface area contributed by atoms with Crippen molar-refractivity contribution in [1.29, 1.82) is 5.41 Å². The van der Waals surface area contributed by atoms with E-state index in [1.165, 1.54) is 7.11 Å². The Balaban J connectivity index is 2.26. The van der Waals surface area contributed by atoms with Gasteiger partial charge in [0.25, 0.3) is 0 Å². The molecule has 1 atom stereocenters. The molecule has 22 heavy (non-hydrogen) atoms. The third-order valence-corrected chi connectivity index (χ3v) is 3.58. The molecule has 7 nitrogen and oxygen atoms in total. The van der Waals surface area contributed by atoms with Crippen LogP contribution in [0.1, 0.15) is 18.9 Å². The molecule has 0 spiro atoms. The number of methoxy groups -OCH3 is 1. The molecule has 1 aliphatic heterocycles. The normalized spacial score (nSPS) is 20.1. The highest BCUT2D eigenvalue weighted by molar-refractivity contribution is 6.69. The first kappa shape index (κ1) is 15.7. The zero-order chi connectivity index (χ0) is 16.3. The fourth-order valence-corrected chi connectivity index (χ4v) is 2.12. The SMILES string of the molecule is CCC1(C(=O)Oc2ccccc2C)NN=C(C(=O)OC)C1=N. The molecule has 1 aliphatic rings. The van der Waals surface area contributed by atoms with Gasteiger partial charge in [0.15, 0.2) is 11.3 Å². The van der Waals surface area contributed by atoms with Gasteiger partial charge in [-0.25, -0.2) is 9.59 Å². The Bertz CT molecular complexity index is 669. The molecule has 1 heterocycles. The van der Waals surface area contributed by atoms with Crippen LogP contribution in [0.15, 0.2) is 29.4 Å². The van der Waals surface area contributed by atoms with E-state index in [4.69, 9.17) is 10.1 Å². The maximum absolute atomic E-state index is 12.5. The van der Waals surface area contributed by atoms with E-state index in [0.29, 0.717) is 5.75 Å². The van der Waals surface area contributed by atoms with Gasteiger partial charge in [-0.2, -0.15) is 5.10 Å². The minimum atomic E-state index is -1.48. The number of rotatable bonds is 4. The molecule has 116 valence electrons. The van der Waals surface area contributed by atoms with E-state index in [2.05, 4.69) is 15.3 Å². The molecule has 0 fully saturated rings. The molecule has 2 N–H and O–H groups in total. The lowest BCUT2D eigenvalue weighted by molar-refractivity contribution is -0.139. The zero-order valence-electron chi connectivity index (χ0n) is 12.6. The van der Waals surface area contributed by atoms with Crippen molar-refractivity contribution in [1.82, 2.24) is 5.43 Å². The molecule has 7 heteroatoms. The average molecular weight is 303 g/mol. The predicted molar refractivity (Wildman–Crippen MR) is 80.1 cm³/mol. The molecule has 1 unspecified atom stereocenters. The van der Waals surface area contributed by atoms with Gasteiger partial charge in [0.2, 0.25) is 0 Å². The van der Waals surface area contributed by atoms with Gasteiger partial charge in [-0.15, -0.1) is 0 Å². The Kier molecular flexibility index (Phi) is 4.25. The fourth-order valence-electron chi connectivity index (χ4n) is 2.12. The van der Waals surface area contributed by atoms with Crippen LogP contribution in [-0.4, -0.2) is 36.0 Å². The molecular weight excluding hydrogens is 286 g/mol. The molecule has 0 bridgehead atoms. The van der Waals surface area contributed by atoms with Crippen LogP contribution >= 0.6 is 0 Å². The highest BCUT2D eigenvalue weighted by Crippen LogP contribution is 2.24. The van der Waals surface area contributed by atoms with Gasteiger partial charge in [0.05, 0.1) is 7.11 Å². The number of benzene rings is 1. The van der Waals surface area contributed by atoms with Crippen molar-refractivity contribution in [2.24, 2.45) is 5.10 Å². The molecular formula is C15H17N3O4.